The number of nitrogens with one attached hydrogen (secondary N) is 1. The van der Waals surface area contributed by atoms with Crippen LogP contribution in [0.15, 0.2) is 18.2 Å². The second-order valence-electron chi connectivity index (χ2n) is 4.85. The highest BCUT2D eigenvalue weighted by atomic mass is 19.1. The van der Waals surface area contributed by atoms with Crippen LogP contribution in [0.3, 0.4) is 0 Å². The molecule has 4 nitrogen and oxygen atoms in total. The molecule has 1 atom stereocenters. The monoisotopic (exact) mass is 282 g/mol. The molecule has 0 aliphatic carbocycles. The molecule has 0 radical (unpaired) electrons. The molecule has 1 aromatic rings. The van der Waals surface area contributed by atoms with Gasteiger partial charge in [-0.15, -0.1) is 0 Å². The van der Waals surface area contributed by atoms with Crippen molar-refractivity contribution in [1.29, 1.82) is 0 Å². The molecule has 112 valence electrons. The SMILES string of the molecule is CCCC(C)NC(=O)COc1ccc(CCN)cc1F. The summed E-state index contributed by atoms with van der Waals surface area (Å²) in [6, 6.07) is 4.78. The van der Waals surface area contributed by atoms with Crippen LogP contribution in [0, 0.1) is 5.82 Å². The molecule has 0 fully saturated rings. The first-order valence-electron chi connectivity index (χ1n) is 6.97. The van der Waals surface area contributed by atoms with Gasteiger partial charge in [0.2, 0.25) is 0 Å². The van der Waals surface area contributed by atoms with Crippen LogP contribution in [-0.4, -0.2) is 25.1 Å². The number of hydrogen-bond donors (Lipinski definition) is 2. The second-order valence-corrected chi connectivity index (χ2v) is 4.85. The van der Waals surface area contributed by atoms with E-state index < -0.39 is 5.82 Å². The molecule has 1 aromatic carbocycles. The molecule has 0 spiro atoms. The number of hydrogen-bond acceptors (Lipinski definition) is 3. The minimum absolute atomic E-state index is 0.0871. The molecule has 1 amide bonds. The third-order valence-electron chi connectivity index (χ3n) is 2.92. The average Bonchev–Trinajstić information content (AvgIpc) is 2.38. The first-order valence-corrected chi connectivity index (χ1v) is 6.97. The quantitative estimate of drug-likeness (QED) is 0.766. The van der Waals surface area contributed by atoms with E-state index in [1.165, 1.54) is 12.1 Å². The van der Waals surface area contributed by atoms with Crippen molar-refractivity contribution in [3.63, 3.8) is 0 Å². The predicted molar refractivity (Wildman–Crippen MR) is 77.2 cm³/mol. The van der Waals surface area contributed by atoms with E-state index in [0.29, 0.717) is 13.0 Å². The lowest BCUT2D eigenvalue weighted by molar-refractivity contribution is -0.123. The van der Waals surface area contributed by atoms with E-state index >= 15 is 0 Å². The van der Waals surface area contributed by atoms with Crippen molar-refractivity contribution < 1.29 is 13.9 Å². The summed E-state index contributed by atoms with van der Waals surface area (Å²) in [4.78, 5) is 11.6. The molecule has 0 aliphatic heterocycles. The topological polar surface area (TPSA) is 64.3 Å². The maximum Gasteiger partial charge on any atom is 0.258 e. The van der Waals surface area contributed by atoms with E-state index in [-0.39, 0.29) is 24.3 Å². The number of carbonyl (C=O) groups excluding carboxylic acids is 1. The molecule has 0 heterocycles. The Morgan fingerprint density at radius 2 is 2.25 bits per heavy atom. The fraction of sp³-hybridized carbons (Fsp3) is 0.533. The van der Waals surface area contributed by atoms with Crippen molar-refractivity contribution in [2.75, 3.05) is 13.2 Å². The van der Waals surface area contributed by atoms with Crippen molar-refractivity contribution in [3.8, 4) is 5.75 Å². The summed E-state index contributed by atoms with van der Waals surface area (Å²) in [7, 11) is 0. The zero-order valence-corrected chi connectivity index (χ0v) is 12.1. The highest BCUT2D eigenvalue weighted by Gasteiger charge is 2.10. The summed E-state index contributed by atoms with van der Waals surface area (Å²) in [5, 5.41) is 2.80. The maximum atomic E-state index is 13.7. The lowest BCUT2D eigenvalue weighted by Gasteiger charge is -2.13. The van der Waals surface area contributed by atoms with E-state index in [4.69, 9.17) is 10.5 Å². The Balaban J connectivity index is 2.47. The number of benzene rings is 1. The largest absolute Gasteiger partial charge is 0.481 e. The van der Waals surface area contributed by atoms with Crippen molar-refractivity contribution in [1.82, 2.24) is 5.32 Å². The van der Waals surface area contributed by atoms with E-state index in [9.17, 15) is 9.18 Å². The molecule has 3 N–H and O–H groups in total. The van der Waals surface area contributed by atoms with Crippen molar-refractivity contribution in [2.24, 2.45) is 5.73 Å². The van der Waals surface area contributed by atoms with Gasteiger partial charge >= 0.3 is 0 Å². The van der Waals surface area contributed by atoms with Crippen LogP contribution in [0.5, 0.6) is 5.75 Å². The third-order valence-corrected chi connectivity index (χ3v) is 2.92. The third kappa shape index (κ3) is 5.57. The van der Waals surface area contributed by atoms with E-state index in [2.05, 4.69) is 12.2 Å². The van der Waals surface area contributed by atoms with Gasteiger partial charge in [-0.2, -0.15) is 0 Å². The fourth-order valence-corrected chi connectivity index (χ4v) is 1.95. The zero-order valence-electron chi connectivity index (χ0n) is 12.1. The fourth-order valence-electron chi connectivity index (χ4n) is 1.95. The minimum atomic E-state index is -0.467. The molecule has 0 saturated carbocycles. The summed E-state index contributed by atoms with van der Waals surface area (Å²) >= 11 is 0. The predicted octanol–water partition coefficient (Wildman–Crippen LogP) is 2.01. The normalized spacial score (nSPS) is 12.0. The van der Waals surface area contributed by atoms with Gasteiger partial charge in [-0.3, -0.25) is 4.79 Å². The van der Waals surface area contributed by atoms with Crippen LogP contribution in [0.25, 0.3) is 0 Å². The Bertz CT molecular complexity index is 438. The van der Waals surface area contributed by atoms with Crippen LogP contribution in [0.2, 0.25) is 0 Å². The Labute approximate surface area is 119 Å². The maximum absolute atomic E-state index is 13.7. The highest BCUT2D eigenvalue weighted by molar-refractivity contribution is 5.77. The van der Waals surface area contributed by atoms with E-state index in [1.54, 1.807) is 6.07 Å². The van der Waals surface area contributed by atoms with Gasteiger partial charge in [0.05, 0.1) is 0 Å². The van der Waals surface area contributed by atoms with Crippen LogP contribution >= 0.6 is 0 Å². The molecule has 1 unspecified atom stereocenters. The summed E-state index contributed by atoms with van der Waals surface area (Å²) in [6.07, 6.45) is 2.53. The molecule has 5 heteroatoms. The van der Waals surface area contributed by atoms with Crippen LogP contribution in [0.1, 0.15) is 32.3 Å². The molecule has 0 bridgehead atoms. The molecular weight excluding hydrogens is 259 g/mol. The number of rotatable bonds is 8. The van der Waals surface area contributed by atoms with Gasteiger partial charge in [0.15, 0.2) is 18.2 Å². The minimum Gasteiger partial charge on any atom is -0.481 e. The zero-order chi connectivity index (χ0) is 15.0. The van der Waals surface area contributed by atoms with Crippen molar-refractivity contribution in [2.45, 2.75) is 39.2 Å². The molecule has 20 heavy (non-hydrogen) atoms. The van der Waals surface area contributed by atoms with Gasteiger partial charge in [-0.1, -0.05) is 19.4 Å². The highest BCUT2D eigenvalue weighted by Crippen LogP contribution is 2.18. The Morgan fingerprint density at radius 1 is 1.50 bits per heavy atom. The Kier molecular flexibility index (Phi) is 7.01. The van der Waals surface area contributed by atoms with Crippen LogP contribution in [-0.2, 0) is 11.2 Å². The summed E-state index contributed by atoms with van der Waals surface area (Å²) < 4.78 is 18.9. The average molecular weight is 282 g/mol. The Hall–Kier alpha value is -1.62. The second kappa shape index (κ2) is 8.53. The van der Waals surface area contributed by atoms with Gasteiger partial charge in [-0.05, 0) is 44.0 Å². The van der Waals surface area contributed by atoms with Crippen molar-refractivity contribution in [3.05, 3.63) is 29.6 Å². The molecule has 1 rings (SSSR count). The van der Waals surface area contributed by atoms with Gasteiger partial charge in [0.1, 0.15) is 0 Å². The summed E-state index contributed by atoms with van der Waals surface area (Å²) in [5.74, 6) is -0.620. The van der Waals surface area contributed by atoms with Crippen molar-refractivity contribution >= 4 is 5.91 Å². The van der Waals surface area contributed by atoms with Crippen LogP contribution in [0.4, 0.5) is 4.39 Å². The lowest BCUT2D eigenvalue weighted by atomic mass is 10.1. The Morgan fingerprint density at radius 3 is 2.85 bits per heavy atom. The standard InChI is InChI=1S/C15H23FN2O2/c1-3-4-11(2)18-15(19)10-20-14-6-5-12(7-8-17)9-13(14)16/h5-6,9,11H,3-4,7-8,10,17H2,1-2H3,(H,18,19). The molecule has 0 saturated heterocycles. The number of amides is 1. The van der Waals surface area contributed by atoms with Gasteiger partial charge < -0.3 is 15.8 Å². The number of halogens is 1. The summed E-state index contributed by atoms with van der Waals surface area (Å²) in [6.45, 7) is 4.28. The number of carbonyl (C=O) groups is 1. The molecular formula is C15H23FN2O2. The van der Waals surface area contributed by atoms with E-state index in [0.717, 1.165) is 18.4 Å². The smallest absolute Gasteiger partial charge is 0.258 e. The first-order chi connectivity index (χ1) is 9.56. The number of nitrogens with two attached hydrogens (primary N) is 1. The molecule has 0 aliphatic rings. The molecule has 0 aromatic heterocycles. The lowest BCUT2D eigenvalue weighted by Crippen LogP contribution is -2.36. The first kappa shape index (κ1) is 16.4. The van der Waals surface area contributed by atoms with Crippen LogP contribution < -0.4 is 15.8 Å². The van der Waals surface area contributed by atoms with Gasteiger partial charge in [0, 0.05) is 6.04 Å². The van der Waals surface area contributed by atoms with Gasteiger partial charge in [0.25, 0.3) is 5.91 Å². The number of ether oxygens (including phenoxy) is 1. The van der Waals surface area contributed by atoms with Gasteiger partial charge in [-0.25, -0.2) is 4.39 Å². The summed E-state index contributed by atoms with van der Waals surface area (Å²) in [5.41, 5.74) is 6.23. The van der Waals surface area contributed by atoms with E-state index in [1.807, 2.05) is 6.92 Å².